The van der Waals surface area contributed by atoms with Crippen LogP contribution in [-0.4, -0.2) is 28.0 Å². The van der Waals surface area contributed by atoms with Crippen LogP contribution in [0.2, 0.25) is 0 Å². The van der Waals surface area contributed by atoms with Crippen molar-refractivity contribution in [2.75, 3.05) is 18.8 Å². The molecule has 82 valence electrons. The third-order valence-electron chi connectivity index (χ3n) is 2.67. The van der Waals surface area contributed by atoms with E-state index in [1.165, 1.54) is 0 Å². The normalized spacial score (nSPS) is 22.9. The first-order valence-corrected chi connectivity index (χ1v) is 6.59. The molecule has 2 heterocycles. The number of aromatic nitrogens is 1. The smallest absolute Gasteiger partial charge is 0.127 e. The number of rotatable bonds is 3. The van der Waals surface area contributed by atoms with Crippen molar-refractivity contribution >= 4 is 10.8 Å². The van der Waals surface area contributed by atoms with E-state index >= 15 is 0 Å². The molecule has 0 unspecified atom stereocenters. The maximum absolute atomic E-state index is 11.9. The van der Waals surface area contributed by atoms with E-state index in [4.69, 9.17) is 0 Å². The fourth-order valence-corrected chi connectivity index (χ4v) is 3.02. The number of pyridine rings is 1. The molecule has 0 aliphatic carbocycles. The van der Waals surface area contributed by atoms with Gasteiger partial charge < -0.3 is 5.32 Å². The first-order valence-electron chi connectivity index (χ1n) is 5.27. The van der Waals surface area contributed by atoms with Crippen LogP contribution >= 0.6 is 0 Å². The van der Waals surface area contributed by atoms with Gasteiger partial charge in [-0.3, -0.25) is 4.21 Å². The molecule has 1 fully saturated rings. The van der Waals surface area contributed by atoms with Crippen molar-refractivity contribution in [3.63, 3.8) is 0 Å². The van der Waals surface area contributed by atoms with Crippen LogP contribution in [-0.2, 0) is 10.8 Å². The summed E-state index contributed by atoms with van der Waals surface area (Å²) in [5, 5.41) is 4.00. The molecule has 3 nitrogen and oxygen atoms in total. The van der Waals surface area contributed by atoms with Crippen LogP contribution in [0.5, 0.6) is 0 Å². The molecule has 1 N–H and O–H groups in total. The van der Waals surface area contributed by atoms with E-state index in [-0.39, 0.29) is 0 Å². The summed E-state index contributed by atoms with van der Waals surface area (Å²) in [4.78, 5) is 4.20. The quantitative estimate of drug-likeness (QED) is 0.836. The van der Waals surface area contributed by atoms with E-state index in [2.05, 4.69) is 10.3 Å². The molecule has 0 radical (unpaired) electrons. The third-order valence-corrected chi connectivity index (χ3v) is 4.15. The predicted molar refractivity (Wildman–Crippen MR) is 61.2 cm³/mol. The molecule has 0 spiro atoms. The lowest BCUT2D eigenvalue weighted by molar-refractivity contribution is 0.631. The molecule has 15 heavy (non-hydrogen) atoms. The van der Waals surface area contributed by atoms with E-state index < -0.39 is 10.8 Å². The Hall–Kier alpha value is -0.740. The van der Waals surface area contributed by atoms with Crippen molar-refractivity contribution in [1.82, 2.24) is 10.3 Å². The van der Waals surface area contributed by atoms with Gasteiger partial charge in [0.05, 0.1) is 10.8 Å². The Morgan fingerprint density at radius 3 is 3.07 bits per heavy atom. The monoisotopic (exact) mass is 224 g/mol. The zero-order valence-electron chi connectivity index (χ0n) is 8.90. The summed E-state index contributed by atoms with van der Waals surface area (Å²) in [7, 11) is -0.933. The SMILES string of the molecule is Cc1ccc([S@@](=O)C[C@H]2CCNC2)nc1. The molecule has 1 aliphatic heterocycles. The van der Waals surface area contributed by atoms with Crippen LogP contribution < -0.4 is 5.32 Å². The minimum absolute atomic E-state index is 0.550. The van der Waals surface area contributed by atoms with Gasteiger partial charge in [-0.1, -0.05) is 6.07 Å². The van der Waals surface area contributed by atoms with Crippen LogP contribution in [0.1, 0.15) is 12.0 Å². The molecule has 0 amide bonds. The van der Waals surface area contributed by atoms with Gasteiger partial charge in [-0.15, -0.1) is 0 Å². The molecule has 0 aromatic carbocycles. The fourth-order valence-electron chi connectivity index (χ4n) is 1.75. The van der Waals surface area contributed by atoms with Crippen LogP contribution in [0.4, 0.5) is 0 Å². The molecular weight excluding hydrogens is 208 g/mol. The van der Waals surface area contributed by atoms with Crippen LogP contribution in [0.15, 0.2) is 23.4 Å². The van der Waals surface area contributed by atoms with Gasteiger partial charge in [0.2, 0.25) is 0 Å². The first kappa shape index (κ1) is 10.8. The summed E-state index contributed by atoms with van der Waals surface area (Å²) in [6, 6.07) is 3.83. The van der Waals surface area contributed by atoms with Crippen LogP contribution in [0, 0.1) is 12.8 Å². The van der Waals surface area contributed by atoms with Gasteiger partial charge in [-0.05, 0) is 44.0 Å². The van der Waals surface area contributed by atoms with Crippen molar-refractivity contribution in [1.29, 1.82) is 0 Å². The molecule has 1 aromatic heterocycles. The van der Waals surface area contributed by atoms with E-state index in [0.29, 0.717) is 10.9 Å². The largest absolute Gasteiger partial charge is 0.316 e. The van der Waals surface area contributed by atoms with E-state index in [9.17, 15) is 4.21 Å². The predicted octanol–water partition coefficient (Wildman–Crippen LogP) is 1.11. The van der Waals surface area contributed by atoms with Gasteiger partial charge in [0, 0.05) is 11.9 Å². The van der Waals surface area contributed by atoms with Crippen molar-refractivity contribution < 1.29 is 4.21 Å². The second kappa shape index (κ2) is 4.86. The fraction of sp³-hybridized carbons (Fsp3) is 0.545. The van der Waals surface area contributed by atoms with Gasteiger partial charge in [-0.25, -0.2) is 4.98 Å². The molecular formula is C11H16N2OS. The lowest BCUT2D eigenvalue weighted by atomic mass is 10.2. The van der Waals surface area contributed by atoms with E-state index in [1.54, 1.807) is 6.20 Å². The lowest BCUT2D eigenvalue weighted by Crippen LogP contribution is -2.15. The Bertz CT molecular complexity index is 344. The van der Waals surface area contributed by atoms with Crippen molar-refractivity contribution in [2.45, 2.75) is 18.4 Å². The molecule has 1 saturated heterocycles. The molecule has 1 aromatic rings. The summed E-state index contributed by atoms with van der Waals surface area (Å²) < 4.78 is 11.9. The molecule has 1 aliphatic rings. The average molecular weight is 224 g/mol. The number of hydrogen-bond donors (Lipinski definition) is 1. The van der Waals surface area contributed by atoms with Crippen molar-refractivity contribution in [3.8, 4) is 0 Å². The summed E-state index contributed by atoms with van der Waals surface area (Å²) in [5.41, 5.74) is 1.11. The topological polar surface area (TPSA) is 42.0 Å². The Kier molecular flexibility index (Phi) is 3.49. The second-order valence-electron chi connectivity index (χ2n) is 4.04. The zero-order chi connectivity index (χ0) is 10.7. The maximum atomic E-state index is 11.9. The molecule has 2 rings (SSSR count). The zero-order valence-corrected chi connectivity index (χ0v) is 9.72. The van der Waals surface area contributed by atoms with Gasteiger partial charge >= 0.3 is 0 Å². The van der Waals surface area contributed by atoms with Gasteiger partial charge in [0.15, 0.2) is 0 Å². The van der Waals surface area contributed by atoms with E-state index in [0.717, 1.165) is 30.8 Å². The highest BCUT2D eigenvalue weighted by Gasteiger charge is 2.18. The number of nitrogens with zero attached hydrogens (tertiary/aromatic N) is 1. The summed E-state index contributed by atoms with van der Waals surface area (Å²) in [5.74, 6) is 1.29. The lowest BCUT2D eigenvalue weighted by Gasteiger charge is -2.07. The van der Waals surface area contributed by atoms with E-state index in [1.807, 2.05) is 19.1 Å². The summed E-state index contributed by atoms with van der Waals surface area (Å²) >= 11 is 0. The summed E-state index contributed by atoms with van der Waals surface area (Å²) in [6.07, 6.45) is 2.91. The molecule has 0 saturated carbocycles. The van der Waals surface area contributed by atoms with Gasteiger partial charge in [0.25, 0.3) is 0 Å². The minimum Gasteiger partial charge on any atom is -0.316 e. The Balaban J connectivity index is 1.98. The first-order chi connectivity index (χ1) is 7.25. The number of hydrogen-bond acceptors (Lipinski definition) is 3. The molecule has 0 bridgehead atoms. The highest BCUT2D eigenvalue weighted by Crippen LogP contribution is 2.13. The Morgan fingerprint density at radius 2 is 2.47 bits per heavy atom. The highest BCUT2D eigenvalue weighted by molar-refractivity contribution is 7.84. The highest BCUT2D eigenvalue weighted by atomic mass is 32.2. The van der Waals surface area contributed by atoms with Gasteiger partial charge in [0.1, 0.15) is 5.03 Å². The molecule has 2 atom stereocenters. The minimum atomic E-state index is -0.933. The third kappa shape index (κ3) is 2.86. The standard InChI is InChI=1S/C11H16N2OS/c1-9-2-3-11(13-6-9)15(14)8-10-4-5-12-7-10/h2-3,6,10,12H,4-5,7-8H2,1H3/t10-,15-/m0/s1. The number of nitrogens with one attached hydrogen (secondary N) is 1. The summed E-state index contributed by atoms with van der Waals surface area (Å²) in [6.45, 7) is 4.04. The van der Waals surface area contributed by atoms with Crippen LogP contribution in [0.25, 0.3) is 0 Å². The Morgan fingerprint density at radius 1 is 1.60 bits per heavy atom. The van der Waals surface area contributed by atoms with Crippen molar-refractivity contribution in [3.05, 3.63) is 23.9 Å². The maximum Gasteiger partial charge on any atom is 0.127 e. The molecule has 4 heteroatoms. The number of aryl methyl sites for hydroxylation is 1. The van der Waals surface area contributed by atoms with Crippen LogP contribution in [0.3, 0.4) is 0 Å². The second-order valence-corrected chi connectivity index (χ2v) is 5.49. The van der Waals surface area contributed by atoms with Gasteiger partial charge in [-0.2, -0.15) is 0 Å². The van der Waals surface area contributed by atoms with Crippen molar-refractivity contribution in [2.24, 2.45) is 5.92 Å². The average Bonchev–Trinajstić information content (AvgIpc) is 2.71. The Labute approximate surface area is 92.8 Å².